The second-order valence-electron chi connectivity index (χ2n) is 3.46. The number of hydrogen-bond acceptors (Lipinski definition) is 3. The molecule has 0 radical (unpaired) electrons. The van der Waals surface area contributed by atoms with Crippen LogP contribution in [0, 0.1) is 5.92 Å². The molecule has 0 bridgehead atoms. The average molecular weight is 141 g/mol. The van der Waals surface area contributed by atoms with Gasteiger partial charge in [-0.15, -0.1) is 0 Å². The van der Waals surface area contributed by atoms with Gasteiger partial charge in [0.25, 0.3) is 0 Å². The zero-order chi connectivity index (χ0) is 6.97. The Morgan fingerprint density at radius 3 is 3.10 bits per heavy atom. The zero-order valence-corrected chi connectivity index (χ0v) is 6.14. The van der Waals surface area contributed by atoms with E-state index in [4.69, 9.17) is 5.73 Å². The van der Waals surface area contributed by atoms with Crippen molar-refractivity contribution in [2.24, 2.45) is 11.7 Å². The lowest BCUT2D eigenvalue weighted by Crippen LogP contribution is -2.39. The molecule has 1 saturated heterocycles. The van der Waals surface area contributed by atoms with Gasteiger partial charge in [-0.3, -0.25) is 10.9 Å². The van der Waals surface area contributed by atoms with E-state index in [0.717, 1.165) is 12.5 Å². The number of nitrogens with two attached hydrogens (primary N) is 1. The fraction of sp³-hybridized carbons (Fsp3) is 1.00. The molecular weight excluding hydrogens is 126 g/mol. The Morgan fingerprint density at radius 2 is 2.20 bits per heavy atom. The van der Waals surface area contributed by atoms with Crippen LogP contribution < -0.4 is 16.6 Å². The normalized spacial score (nSPS) is 47.1. The van der Waals surface area contributed by atoms with Gasteiger partial charge in [0.2, 0.25) is 0 Å². The molecule has 1 aliphatic heterocycles. The summed E-state index contributed by atoms with van der Waals surface area (Å²) in [5, 5.41) is 0. The van der Waals surface area contributed by atoms with Crippen LogP contribution >= 0.6 is 0 Å². The molecule has 2 fully saturated rings. The second kappa shape index (κ2) is 2.49. The Balaban J connectivity index is 1.96. The van der Waals surface area contributed by atoms with Gasteiger partial charge in [-0.1, -0.05) is 0 Å². The van der Waals surface area contributed by atoms with Crippen LogP contribution in [0.25, 0.3) is 0 Å². The first-order chi connectivity index (χ1) is 4.86. The van der Waals surface area contributed by atoms with Gasteiger partial charge in [0.15, 0.2) is 0 Å². The van der Waals surface area contributed by atoms with Gasteiger partial charge >= 0.3 is 0 Å². The number of hydrazine groups is 1. The highest BCUT2D eigenvalue weighted by Gasteiger charge is 2.31. The monoisotopic (exact) mass is 141 g/mol. The van der Waals surface area contributed by atoms with E-state index in [1.54, 1.807) is 0 Å². The smallest absolute Gasteiger partial charge is 0.0254 e. The van der Waals surface area contributed by atoms with Crippen LogP contribution in [0.2, 0.25) is 0 Å². The predicted octanol–water partition coefficient (Wildman–Crippen LogP) is -0.410. The first-order valence-corrected chi connectivity index (χ1v) is 4.10. The van der Waals surface area contributed by atoms with Crippen molar-refractivity contribution >= 4 is 0 Å². The van der Waals surface area contributed by atoms with E-state index in [-0.39, 0.29) is 0 Å². The maximum atomic E-state index is 5.84. The topological polar surface area (TPSA) is 50.1 Å². The molecule has 10 heavy (non-hydrogen) atoms. The summed E-state index contributed by atoms with van der Waals surface area (Å²) in [4.78, 5) is 0. The van der Waals surface area contributed by atoms with Crippen LogP contribution in [0.1, 0.15) is 19.3 Å². The van der Waals surface area contributed by atoms with Crippen molar-refractivity contribution in [3.05, 3.63) is 0 Å². The third-order valence-electron chi connectivity index (χ3n) is 2.67. The maximum absolute atomic E-state index is 5.84. The predicted molar refractivity (Wildman–Crippen MR) is 40.2 cm³/mol. The highest BCUT2D eigenvalue weighted by molar-refractivity contribution is 4.89. The van der Waals surface area contributed by atoms with Gasteiger partial charge in [0.1, 0.15) is 0 Å². The molecule has 0 aromatic heterocycles. The number of fused-ring (bicyclic) bond motifs is 1. The van der Waals surface area contributed by atoms with Crippen molar-refractivity contribution in [3.8, 4) is 0 Å². The highest BCUT2D eigenvalue weighted by Crippen LogP contribution is 2.25. The van der Waals surface area contributed by atoms with Crippen molar-refractivity contribution in [2.75, 3.05) is 6.54 Å². The summed E-state index contributed by atoms with van der Waals surface area (Å²) in [5.41, 5.74) is 12.3. The van der Waals surface area contributed by atoms with Gasteiger partial charge in [-0.25, -0.2) is 0 Å². The van der Waals surface area contributed by atoms with Crippen molar-refractivity contribution in [3.63, 3.8) is 0 Å². The van der Waals surface area contributed by atoms with E-state index in [9.17, 15) is 0 Å². The summed E-state index contributed by atoms with van der Waals surface area (Å²) in [6.45, 7) is 1.11. The van der Waals surface area contributed by atoms with Crippen LogP contribution in [0.15, 0.2) is 0 Å². The molecule has 0 aromatic carbocycles. The lowest BCUT2D eigenvalue weighted by molar-refractivity contribution is 0.303. The summed E-state index contributed by atoms with van der Waals surface area (Å²) in [6.07, 6.45) is 3.64. The molecule has 3 heteroatoms. The molecule has 58 valence electrons. The van der Waals surface area contributed by atoms with Crippen molar-refractivity contribution in [1.82, 2.24) is 10.9 Å². The molecule has 0 spiro atoms. The molecule has 1 heterocycles. The molecular formula is C7H15N3. The van der Waals surface area contributed by atoms with E-state index in [1.165, 1.54) is 19.3 Å². The lowest BCUT2D eigenvalue weighted by Gasteiger charge is -2.27. The van der Waals surface area contributed by atoms with Crippen molar-refractivity contribution < 1.29 is 0 Å². The molecule has 0 aromatic rings. The van der Waals surface area contributed by atoms with Crippen LogP contribution in [0.3, 0.4) is 0 Å². The first-order valence-electron chi connectivity index (χ1n) is 4.10. The van der Waals surface area contributed by atoms with Crippen LogP contribution in [-0.4, -0.2) is 18.6 Å². The molecule has 3 nitrogen and oxygen atoms in total. The molecule has 2 rings (SSSR count). The van der Waals surface area contributed by atoms with Crippen molar-refractivity contribution in [1.29, 1.82) is 0 Å². The fourth-order valence-corrected chi connectivity index (χ4v) is 2.04. The summed E-state index contributed by atoms with van der Waals surface area (Å²) in [6, 6.07) is 1.17. The summed E-state index contributed by atoms with van der Waals surface area (Å²) < 4.78 is 0. The maximum Gasteiger partial charge on any atom is 0.0254 e. The molecule has 1 aliphatic carbocycles. The van der Waals surface area contributed by atoms with Crippen LogP contribution in [-0.2, 0) is 0 Å². The lowest BCUT2D eigenvalue weighted by atomic mass is 9.83. The Bertz CT molecular complexity index is 126. The number of nitrogens with one attached hydrogen (secondary N) is 2. The minimum absolute atomic E-state index is 0.461. The Morgan fingerprint density at radius 1 is 1.30 bits per heavy atom. The first kappa shape index (κ1) is 6.58. The minimum Gasteiger partial charge on any atom is -0.328 e. The summed E-state index contributed by atoms with van der Waals surface area (Å²) in [7, 11) is 0. The van der Waals surface area contributed by atoms with E-state index in [1.807, 2.05) is 0 Å². The molecule has 3 unspecified atom stereocenters. The standard InChI is InChI=1S/C7H15N3/c8-6-1-2-7-5(3-6)4-9-10-7/h5-7,9-10H,1-4,8H2. The number of hydrogen-bond donors (Lipinski definition) is 3. The van der Waals surface area contributed by atoms with Crippen molar-refractivity contribution in [2.45, 2.75) is 31.3 Å². The van der Waals surface area contributed by atoms with Crippen LogP contribution in [0.4, 0.5) is 0 Å². The minimum atomic E-state index is 0.461. The SMILES string of the molecule is NC1CCC2NNCC2C1. The molecule has 1 saturated carbocycles. The second-order valence-corrected chi connectivity index (χ2v) is 3.46. The zero-order valence-electron chi connectivity index (χ0n) is 6.14. The van der Waals surface area contributed by atoms with Crippen LogP contribution in [0.5, 0.6) is 0 Å². The largest absolute Gasteiger partial charge is 0.328 e. The highest BCUT2D eigenvalue weighted by atomic mass is 15.4. The van der Waals surface area contributed by atoms with Gasteiger partial charge in [-0.05, 0) is 25.2 Å². The van der Waals surface area contributed by atoms with E-state index >= 15 is 0 Å². The average Bonchev–Trinajstić information content (AvgIpc) is 2.33. The van der Waals surface area contributed by atoms with E-state index in [0.29, 0.717) is 12.1 Å². The molecule has 3 atom stereocenters. The molecule has 0 amide bonds. The Labute approximate surface area is 61.3 Å². The fourth-order valence-electron chi connectivity index (χ4n) is 2.04. The third-order valence-corrected chi connectivity index (χ3v) is 2.67. The van der Waals surface area contributed by atoms with Gasteiger partial charge in [0, 0.05) is 18.6 Å². The van der Waals surface area contributed by atoms with E-state index < -0.39 is 0 Å². The quantitative estimate of drug-likeness (QED) is 0.430. The van der Waals surface area contributed by atoms with Gasteiger partial charge in [-0.2, -0.15) is 0 Å². The van der Waals surface area contributed by atoms with Gasteiger partial charge in [0.05, 0.1) is 0 Å². The molecule has 4 N–H and O–H groups in total. The number of rotatable bonds is 0. The Kier molecular flexibility index (Phi) is 1.64. The molecule has 2 aliphatic rings. The third kappa shape index (κ3) is 1.05. The Hall–Kier alpha value is -0.120. The summed E-state index contributed by atoms with van der Waals surface area (Å²) >= 11 is 0. The van der Waals surface area contributed by atoms with E-state index in [2.05, 4.69) is 10.9 Å². The van der Waals surface area contributed by atoms with Gasteiger partial charge < -0.3 is 5.73 Å². The summed E-state index contributed by atoms with van der Waals surface area (Å²) in [5.74, 6) is 0.795.